The molecule has 0 aromatic carbocycles. The van der Waals surface area contributed by atoms with Crippen LogP contribution < -0.4 is 0 Å². The molecule has 4 bridgehead atoms. The first-order chi connectivity index (χ1) is 12.8. The Hall–Kier alpha value is -1.63. The first-order valence-corrected chi connectivity index (χ1v) is 10.1. The second kappa shape index (κ2) is 3.65. The van der Waals surface area contributed by atoms with Crippen molar-refractivity contribution >= 4 is 17.9 Å². The molecule has 4 spiro atoms. The van der Waals surface area contributed by atoms with Crippen LogP contribution in [0.2, 0.25) is 0 Å². The van der Waals surface area contributed by atoms with Gasteiger partial charge >= 0.3 is 17.9 Å². The fourth-order valence-electron chi connectivity index (χ4n) is 9.43. The maximum Gasteiger partial charge on any atom is 0.317 e. The lowest BCUT2D eigenvalue weighted by molar-refractivity contribution is -0.260. The van der Waals surface area contributed by atoms with Crippen LogP contribution in [0.4, 0.5) is 0 Å². The van der Waals surface area contributed by atoms with Gasteiger partial charge in [-0.25, -0.2) is 0 Å². The van der Waals surface area contributed by atoms with Crippen molar-refractivity contribution in [3.05, 3.63) is 0 Å². The van der Waals surface area contributed by atoms with Crippen LogP contribution in [0.15, 0.2) is 0 Å². The van der Waals surface area contributed by atoms with Gasteiger partial charge in [0.05, 0.1) is 12.5 Å². The fourth-order valence-corrected chi connectivity index (χ4v) is 9.43. The van der Waals surface area contributed by atoms with E-state index in [1.807, 2.05) is 6.92 Å². The summed E-state index contributed by atoms with van der Waals surface area (Å²) in [5.41, 5.74) is -3.75. The van der Waals surface area contributed by atoms with Gasteiger partial charge in [-0.1, -0.05) is 13.8 Å². The molecule has 144 valence electrons. The summed E-state index contributed by atoms with van der Waals surface area (Å²) in [6, 6.07) is 0. The van der Waals surface area contributed by atoms with Crippen LogP contribution in [-0.2, 0) is 33.3 Å². The summed E-state index contributed by atoms with van der Waals surface area (Å²) in [4.78, 5) is 39.1. The van der Waals surface area contributed by atoms with E-state index >= 15 is 0 Å². The highest BCUT2D eigenvalue weighted by atomic mass is 16.7. The molecule has 4 aliphatic carbocycles. The van der Waals surface area contributed by atoms with Crippen LogP contribution in [0.3, 0.4) is 0 Å². The van der Waals surface area contributed by atoms with Crippen molar-refractivity contribution in [1.29, 1.82) is 0 Å². The van der Waals surface area contributed by atoms with Crippen LogP contribution in [0.25, 0.3) is 0 Å². The van der Waals surface area contributed by atoms with E-state index in [0.29, 0.717) is 6.61 Å². The smallest absolute Gasteiger partial charge is 0.317 e. The monoisotopic (exact) mass is 374 g/mol. The van der Waals surface area contributed by atoms with Gasteiger partial charge in [-0.3, -0.25) is 14.4 Å². The topological polar surface area (TPSA) is 91.4 Å². The Labute approximate surface area is 156 Å². The molecule has 27 heavy (non-hydrogen) atoms. The highest BCUT2D eigenvalue weighted by Crippen LogP contribution is 2.99. The normalized spacial score (nSPS) is 64.9. The Balaban J connectivity index is 1.53. The predicted octanol–water partition coefficient (Wildman–Crippen LogP) is 0.980. The summed E-state index contributed by atoms with van der Waals surface area (Å²) in [5.74, 6) is -1.10. The number of fused-ring (bicyclic) bond motifs is 1. The van der Waals surface area contributed by atoms with Gasteiger partial charge in [0.25, 0.3) is 0 Å². The molecule has 0 amide bonds. The summed E-state index contributed by atoms with van der Waals surface area (Å²) in [6.45, 7) is 6.18. The lowest BCUT2D eigenvalue weighted by Gasteiger charge is -2.65. The van der Waals surface area contributed by atoms with Gasteiger partial charge in [0.2, 0.25) is 0 Å². The molecule has 7 rings (SSSR count). The van der Waals surface area contributed by atoms with E-state index in [-0.39, 0.29) is 47.5 Å². The zero-order valence-electron chi connectivity index (χ0n) is 15.6. The van der Waals surface area contributed by atoms with Crippen LogP contribution in [-0.4, -0.2) is 47.9 Å². The summed E-state index contributed by atoms with van der Waals surface area (Å²) in [7, 11) is 0. The fraction of sp³-hybridized carbons (Fsp3) is 0.850. The van der Waals surface area contributed by atoms with E-state index in [4.69, 9.17) is 18.9 Å². The van der Waals surface area contributed by atoms with Gasteiger partial charge in [-0.15, -0.1) is 0 Å². The number of rotatable bonds is 2. The molecule has 4 saturated carbocycles. The molecule has 7 fully saturated rings. The van der Waals surface area contributed by atoms with Gasteiger partial charge < -0.3 is 18.9 Å². The number of hydrogen-bond donors (Lipinski definition) is 0. The third-order valence-corrected chi connectivity index (χ3v) is 9.96. The second-order valence-corrected chi connectivity index (χ2v) is 9.84. The largest absolute Gasteiger partial charge is 0.465 e. The maximum atomic E-state index is 13.5. The Morgan fingerprint density at radius 3 is 2.78 bits per heavy atom. The van der Waals surface area contributed by atoms with Gasteiger partial charge in [-0.2, -0.15) is 0 Å². The summed E-state index contributed by atoms with van der Waals surface area (Å²) >= 11 is 0. The number of carbonyl (C=O) groups is 3. The number of ether oxygens (including phenoxy) is 4. The molecule has 7 heteroatoms. The van der Waals surface area contributed by atoms with Crippen LogP contribution in [0.1, 0.15) is 40.0 Å². The molecule has 0 aromatic heterocycles. The van der Waals surface area contributed by atoms with Crippen molar-refractivity contribution in [2.24, 2.45) is 34.0 Å². The number of esters is 3. The number of carbonyl (C=O) groups excluding carboxylic acids is 3. The van der Waals surface area contributed by atoms with E-state index in [0.717, 1.165) is 12.8 Å². The minimum absolute atomic E-state index is 0.0532. The maximum absolute atomic E-state index is 13.5. The van der Waals surface area contributed by atoms with E-state index in [1.165, 1.54) is 0 Å². The highest BCUT2D eigenvalue weighted by Gasteiger charge is 3.13. The van der Waals surface area contributed by atoms with E-state index in [2.05, 4.69) is 6.92 Å². The van der Waals surface area contributed by atoms with Crippen LogP contribution in [0.5, 0.6) is 0 Å². The molecule has 0 N–H and O–H groups in total. The quantitative estimate of drug-likeness (QED) is 0.404. The number of hydrogen-bond acceptors (Lipinski definition) is 7. The molecule has 0 aromatic rings. The molecule has 3 heterocycles. The van der Waals surface area contributed by atoms with Crippen LogP contribution in [0, 0.1) is 34.0 Å². The molecular formula is C20H22O7. The Bertz CT molecular complexity index is 884. The minimum Gasteiger partial charge on any atom is -0.465 e. The lowest BCUT2D eigenvalue weighted by Crippen LogP contribution is -2.81. The first kappa shape index (κ1) is 15.3. The molecule has 7 nitrogen and oxygen atoms in total. The average Bonchev–Trinajstić information content (AvgIpc) is 2.96. The zero-order valence-corrected chi connectivity index (χ0v) is 15.6. The Kier molecular flexibility index (Phi) is 2.07. The SMILES string of the molecule is CCC(=O)OC1C2OC(=O)C34C5CCC6(COC(=O)C63C1C41OC21C)C5C. The molecular weight excluding hydrogens is 352 g/mol. The third kappa shape index (κ3) is 0.932. The predicted molar refractivity (Wildman–Crippen MR) is 85.9 cm³/mol. The zero-order chi connectivity index (χ0) is 18.8. The van der Waals surface area contributed by atoms with Gasteiger partial charge in [0, 0.05) is 11.8 Å². The molecule has 10 unspecified atom stereocenters. The molecule has 7 aliphatic rings. The van der Waals surface area contributed by atoms with Crippen LogP contribution >= 0.6 is 0 Å². The number of epoxide rings is 1. The van der Waals surface area contributed by atoms with Gasteiger partial charge in [0.15, 0.2) is 6.10 Å². The summed E-state index contributed by atoms with van der Waals surface area (Å²) in [6.07, 6.45) is 0.705. The van der Waals surface area contributed by atoms with E-state index in [9.17, 15) is 14.4 Å². The van der Waals surface area contributed by atoms with Crippen molar-refractivity contribution in [3.63, 3.8) is 0 Å². The Morgan fingerprint density at radius 1 is 1.26 bits per heavy atom. The third-order valence-electron chi connectivity index (χ3n) is 9.96. The molecule has 10 atom stereocenters. The minimum atomic E-state index is -0.978. The van der Waals surface area contributed by atoms with E-state index in [1.54, 1.807) is 6.92 Å². The molecule has 3 aliphatic heterocycles. The van der Waals surface area contributed by atoms with Gasteiger partial charge in [0.1, 0.15) is 28.1 Å². The van der Waals surface area contributed by atoms with Crippen molar-refractivity contribution in [3.8, 4) is 0 Å². The standard InChI is InChI=1S/C20H22O7/c1-4-10(21)25-11-12-19-14(22)24-7-17(19)6-5-9(8(17)2)18(19)15(23)26-13(11)16(3)20(12,18)27-16/h8-9,11-13H,4-7H2,1-3H3. The Morgan fingerprint density at radius 2 is 2.04 bits per heavy atom. The van der Waals surface area contributed by atoms with Crippen molar-refractivity contribution in [2.45, 2.75) is 63.4 Å². The summed E-state index contributed by atoms with van der Waals surface area (Å²) in [5, 5.41) is 0. The average molecular weight is 374 g/mol. The molecule has 0 radical (unpaired) electrons. The highest BCUT2D eigenvalue weighted by molar-refractivity contribution is 6.01. The summed E-state index contributed by atoms with van der Waals surface area (Å²) < 4.78 is 23.8. The van der Waals surface area contributed by atoms with Crippen molar-refractivity contribution in [2.75, 3.05) is 6.61 Å². The first-order valence-electron chi connectivity index (χ1n) is 10.1. The number of cyclic esters (lactones) is 1. The van der Waals surface area contributed by atoms with Crippen molar-refractivity contribution < 1.29 is 33.3 Å². The second-order valence-electron chi connectivity index (χ2n) is 9.84. The van der Waals surface area contributed by atoms with E-state index < -0.39 is 34.2 Å². The van der Waals surface area contributed by atoms with Gasteiger partial charge in [-0.05, 0) is 31.6 Å². The van der Waals surface area contributed by atoms with Crippen molar-refractivity contribution in [1.82, 2.24) is 0 Å². The lowest BCUT2D eigenvalue weighted by atomic mass is 9.31. The molecule has 3 saturated heterocycles.